The molecule has 0 saturated heterocycles. The molecule has 142 valence electrons. The summed E-state index contributed by atoms with van der Waals surface area (Å²) in [7, 11) is 0. The van der Waals surface area contributed by atoms with Gasteiger partial charge < -0.3 is 0 Å². The van der Waals surface area contributed by atoms with E-state index in [1.54, 1.807) is 6.08 Å². The Labute approximate surface area is 168 Å². The van der Waals surface area contributed by atoms with Crippen LogP contribution in [0.15, 0.2) is 78.9 Å². The predicted octanol–water partition coefficient (Wildman–Crippen LogP) is 7.11. The molecule has 0 bridgehead atoms. The third-order valence-electron chi connectivity index (χ3n) is 5.07. The minimum Gasteiger partial charge on any atom is -0.289 e. The fourth-order valence-electron chi connectivity index (χ4n) is 3.12. The van der Waals surface area contributed by atoms with Crippen molar-refractivity contribution in [1.82, 2.24) is 0 Å². The number of allylic oxidation sites excluding steroid dienone is 1. The van der Waals surface area contributed by atoms with Gasteiger partial charge in [-0.15, -0.1) is 0 Å². The number of rotatable bonds is 5. The van der Waals surface area contributed by atoms with Crippen LogP contribution in [0, 0.1) is 0 Å². The second-order valence-electron chi connectivity index (χ2n) is 8.20. The third kappa shape index (κ3) is 4.86. The zero-order valence-corrected chi connectivity index (χ0v) is 17.2. The number of benzene rings is 3. The molecule has 0 radical (unpaired) electrons. The maximum atomic E-state index is 12.5. The van der Waals surface area contributed by atoms with E-state index < -0.39 is 0 Å². The fourth-order valence-corrected chi connectivity index (χ4v) is 3.12. The van der Waals surface area contributed by atoms with Gasteiger partial charge in [0.15, 0.2) is 5.78 Å². The maximum absolute atomic E-state index is 12.5. The summed E-state index contributed by atoms with van der Waals surface area (Å²) in [5.41, 5.74) is 6.81. The molecular formula is C27H28O. The summed E-state index contributed by atoms with van der Waals surface area (Å²) in [5.74, 6) is 0.0224. The average Bonchev–Trinajstić information content (AvgIpc) is 2.72. The summed E-state index contributed by atoms with van der Waals surface area (Å²) in [6.07, 6.45) is 4.54. The SMILES string of the molecule is CCc1ccc(/C=C/C(=O)c2ccc(-c3ccc(C(C)(C)C)cc3)cc2)cc1. The lowest BCUT2D eigenvalue weighted by molar-refractivity contribution is 0.104. The van der Waals surface area contributed by atoms with Crippen LogP contribution in [0.1, 0.15) is 54.7 Å². The molecule has 0 amide bonds. The molecule has 0 aliphatic rings. The van der Waals surface area contributed by atoms with Crippen molar-refractivity contribution in [3.63, 3.8) is 0 Å². The quantitative estimate of drug-likeness (QED) is 0.346. The van der Waals surface area contributed by atoms with Gasteiger partial charge in [-0.3, -0.25) is 4.79 Å². The molecule has 0 atom stereocenters. The highest BCUT2D eigenvalue weighted by Gasteiger charge is 2.13. The van der Waals surface area contributed by atoms with Crippen LogP contribution in [-0.4, -0.2) is 5.78 Å². The first-order chi connectivity index (χ1) is 13.4. The standard InChI is InChI=1S/C27H28O/c1-5-20-6-8-21(9-7-20)10-19-26(28)24-13-11-22(12-14-24)23-15-17-25(18-16-23)27(2,3)4/h6-19H,5H2,1-4H3/b19-10+. The Morgan fingerprint density at radius 1 is 0.786 bits per heavy atom. The molecule has 1 nitrogen and oxygen atoms in total. The van der Waals surface area contributed by atoms with Crippen molar-refractivity contribution in [2.75, 3.05) is 0 Å². The highest BCUT2D eigenvalue weighted by Crippen LogP contribution is 2.26. The number of hydrogen-bond donors (Lipinski definition) is 0. The van der Waals surface area contributed by atoms with Gasteiger partial charge >= 0.3 is 0 Å². The van der Waals surface area contributed by atoms with Crippen LogP contribution in [0.5, 0.6) is 0 Å². The second-order valence-corrected chi connectivity index (χ2v) is 8.20. The van der Waals surface area contributed by atoms with Crippen LogP contribution in [0.4, 0.5) is 0 Å². The van der Waals surface area contributed by atoms with Gasteiger partial charge in [-0.25, -0.2) is 0 Å². The Kier molecular flexibility index (Phi) is 5.94. The van der Waals surface area contributed by atoms with Gasteiger partial charge in [0, 0.05) is 5.56 Å². The van der Waals surface area contributed by atoms with Crippen molar-refractivity contribution in [3.05, 3.63) is 101 Å². The third-order valence-corrected chi connectivity index (χ3v) is 5.07. The summed E-state index contributed by atoms with van der Waals surface area (Å²) < 4.78 is 0. The van der Waals surface area contributed by atoms with Crippen LogP contribution in [0.3, 0.4) is 0 Å². The largest absolute Gasteiger partial charge is 0.289 e. The molecule has 0 saturated carbocycles. The molecule has 3 rings (SSSR count). The summed E-state index contributed by atoms with van der Waals surface area (Å²) in [5, 5.41) is 0. The van der Waals surface area contributed by atoms with Gasteiger partial charge in [-0.2, -0.15) is 0 Å². The zero-order valence-electron chi connectivity index (χ0n) is 17.2. The molecule has 28 heavy (non-hydrogen) atoms. The minimum absolute atomic E-state index is 0.0224. The fraction of sp³-hybridized carbons (Fsp3) is 0.222. The zero-order chi connectivity index (χ0) is 20.1. The molecule has 0 aromatic heterocycles. The van der Waals surface area contributed by atoms with E-state index in [0.717, 1.165) is 17.5 Å². The molecule has 0 spiro atoms. The Bertz CT molecular complexity index is 951. The number of carbonyl (C=O) groups is 1. The van der Waals surface area contributed by atoms with Crippen molar-refractivity contribution in [1.29, 1.82) is 0 Å². The lowest BCUT2D eigenvalue weighted by Crippen LogP contribution is -2.10. The molecule has 0 aliphatic carbocycles. The average molecular weight is 369 g/mol. The van der Waals surface area contributed by atoms with Crippen LogP contribution in [0.25, 0.3) is 17.2 Å². The van der Waals surface area contributed by atoms with E-state index in [4.69, 9.17) is 0 Å². The van der Waals surface area contributed by atoms with Crippen molar-refractivity contribution in [2.24, 2.45) is 0 Å². The first kappa shape index (κ1) is 19.8. The van der Waals surface area contributed by atoms with Crippen molar-refractivity contribution >= 4 is 11.9 Å². The Morgan fingerprint density at radius 3 is 1.82 bits per heavy atom. The summed E-state index contributed by atoms with van der Waals surface area (Å²) in [6.45, 7) is 8.78. The van der Waals surface area contributed by atoms with Crippen molar-refractivity contribution in [3.8, 4) is 11.1 Å². The van der Waals surface area contributed by atoms with Gasteiger partial charge in [0.1, 0.15) is 0 Å². The van der Waals surface area contributed by atoms with E-state index in [0.29, 0.717) is 5.56 Å². The Balaban J connectivity index is 1.71. The van der Waals surface area contributed by atoms with E-state index in [-0.39, 0.29) is 11.2 Å². The summed E-state index contributed by atoms with van der Waals surface area (Å²) in [6, 6.07) is 24.8. The number of aryl methyl sites for hydroxylation is 1. The molecular weight excluding hydrogens is 340 g/mol. The molecule has 0 unspecified atom stereocenters. The second kappa shape index (κ2) is 8.39. The lowest BCUT2D eigenvalue weighted by atomic mass is 9.86. The van der Waals surface area contributed by atoms with Gasteiger partial charge in [-0.1, -0.05) is 107 Å². The summed E-state index contributed by atoms with van der Waals surface area (Å²) >= 11 is 0. The van der Waals surface area contributed by atoms with E-state index in [1.165, 1.54) is 16.7 Å². The molecule has 3 aromatic carbocycles. The first-order valence-corrected chi connectivity index (χ1v) is 9.89. The van der Waals surface area contributed by atoms with Crippen LogP contribution >= 0.6 is 0 Å². The highest BCUT2D eigenvalue weighted by atomic mass is 16.1. The molecule has 0 heterocycles. The minimum atomic E-state index is 0.0224. The van der Waals surface area contributed by atoms with E-state index in [9.17, 15) is 4.79 Å². The van der Waals surface area contributed by atoms with Gasteiger partial charge in [-0.05, 0) is 45.7 Å². The van der Waals surface area contributed by atoms with Gasteiger partial charge in [0.05, 0.1) is 0 Å². The number of carbonyl (C=O) groups excluding carboxylic acids is 1. The van der Waals surface area contributed by atoms with E-state index >= 15 is 0 Å². The smallest absolute Gasteiger partial charge is 0.185 e. The molecule has 0 aliphatic heterocycles. The van der Waals surface area contributed by atoms with Crippen molar-refractivity contribution in [2.45, 2.75) is 39.5 Å². The van der Waals surface area contributed by atoms with Crippen LogP contribution in [0.2, 0.25) is 0 Å². The van der Waals surface area contributed by atoms with Gasteiger partial charge in [0.25, 0.3) is 0 Å². The monoisotopic (exact) mass is 368 g/mol. The highest BCUT2D eigenvalue weighted by molar-refractivity contribution is 6.07. The Hall–Kier alpha value is -2.93. The van der Waals surface area contributed by atoms with Crippen molar-refractivity contribution < 1.29 is 4.79 Å². The number of hydrogen-bond acceptors (Lipinski definition) is 1. The van der Waals surface area contributed by atoms with E-state index in [2.05, 4.69) is 64.1 Å². The molecule has 3 aromatic rings. The summed E-state index contributed by atoms with van der Waals surface area (Å²) in [4.78, 5) is 12.5. The Morgan fingerprint density at radius 2 is 1.32 bits per heavy atom. The predicted molar refractivity (Wildman–Crippen MR) is 120 cm³/mol. The van der Waals surface area contributed by atoms with Crippen LogP contribution in [-0.2, 0) is 11.8 Å². The molecule has 1 heteroatoms. The lowest BCUT2D eigenvalue weighted by Gasteiger charge is -2.19. The molecule has 0 N–H and O–H groups in total. The van der Waals surface area contributed by atoms with E-state index in [1.807, 2.05) is 42.5 Å². The first-order valence-electron chi connectivity index (χ1n) is 9.89. The topological polar surface area (TPSA) is 17.1 Å². The normalized spacial score (nSPS) is 11.7. The maximum Gasteiger partial charge on any atom is 0.185 e. The number of ketones is 1. The van der Waals surface area contributed by atoms with Crippen LogP contribution < -0.4 is 0 Å². The molecule has 0 fully saturated rings. The van der Waals surface area contributed by atoms with Gasteiger partial charge in [0.2, 0.25) is 0 Å².